The van der Waals surface area contributed by atoms with E-state index in [0.29, 0.717) is 12.4 Å². The van der Waals surface area contributed by atoms with E-state index in [0.717, 1.165) is 12.1 Å². The zero-order valence-corrected chi connectivity index (χ0v) is 6.94. The lowest BCUT2D eigenvalue weighted by Gasteiger charge is -2.10. The number of carbonyl (C=O) groups excluding carboxylic acids is 1. The molecule has 0 bridgehead atoms. The number of hydrogen-bond acceptors (Lipinski definition) is 1. The number of halogens is 4. The van der Waals surface area contributed by atoms with Crippen LogP contribution >= 0.6 is 0 Å². The van der Waals surface area contributed by atoms with Crippen LogP contribution in [0, 0.1) is 5.82 Å². The molecule has 0 aliphatic carbocycles. The fourth-order valence-corrected chi connectivity index (χ4v) is 1.08. The maximum absolute atomic E-state index is 12.5. The highest BCUT2D eigenvalue weighted by Crippen LogP contribution is 2.32. The average molecular weight is 206 g/mol. The van der Waals surface area contributed by atoms with E-state index in [1.165, 1.54) is 0 Å². The molecule has 1 aromatic carbocycles. The number of alkyl halides is 3. The van der Waals surface area contributed by atoms with Gasteiger partial charge in [-0.25, -0.2) is 4.39 Å². The second kappa shape index (κ2) is 3.77. The van der Waals surface area contributed by atoms with E-state index in [2.05, 4.69) is 0 Å². The first-order valence-electron chi connectivity index (χ1n) is 3.74. The molecule has 1 nitrogen and oxygen atoms in total. The monoisotopic (exact) mass is 206 g/mol. The maximum atomic E-state index is 12.5. The lowest BCUT2D eigenvalue weighted by Crippen LogP contribution is -2.10. The Hall–Kier alpha value is -1.39. The average Bonchev–Trinajstić information content (AvgIpc) is 2.07. The molecule has 0 atom stereocenters. The molecule has 0 aliphatic heterocycles. The molecule has 0 heterocycles. The normalized spacial score (nSPS) is 11.4. The molecule has 0 aromatic heterocycles. The first-order valence-corrected chi connectivity index (χ1v) is 3.74. The van der Waals surface area contributed by atoms with Gasteiger partial charge < -0.3 is 4.79 Å². The predicted octanol–water partition coefficient (Wildman–Crippen LogP) is 2.59. The first kappa shape index (κ1) is 10.7. The van der Waals surface area contributed by atoms with Crippen LogP contribution in [0.1, 0.15) is 11.1 Å². The molecule has 0 N–H and O–H groups in total. The molecule has 0 saturated heterocycles. The molecule has 0 aliphatic rings. The summed E-state index contributed by atoms with van der Waals surface area (Å²) in [7, 11) is 0. The first-order chi connectivity index (χ1) is 6.45. The van der Waals surface area contributed by atoms with E-state index in [1.807, 2.05) is 0 Å². The van der Waals surface area contributed by atoms with E-state index >= 15 is 0 Å². The van der Waals surface area contributed by atoms with Crippen molar-refractivity contribution >= 4 is 6.29 Å². The highest BCUT2D eigenvalue weighted by molar-refractivity contribution is 5.56. The lowest BCUT2D eigenvalue weighted by molar-refractivity contribution is -0.138. The summed E-state index contributed by atoms with van der Waals surface area (Å²) in [5.41, 5.74) is -1.31. The summed E-state index contributed by atoms with van der Waals surface area (Å²) in [5.74, 6) is -0.966. The molecule has 0 fully saturated rings. The van der Waals surface area contributed by atoms with Gasteiger partial charge in [-0.2, -0.15) is 13.2 Å². The van der Waals surface area contributed by atoms with Crippen LogP contribution in [0.25, 0.3) is 0 Å². The van der Waals surface area contributed by atoms with E-state index in [-0.39, 0.29) is 12.0 Å². The van der Waals surface area contributed by atoms with Crippen molar-refractivity contribution in [3.63, 3.8) is 0 Å². The van der Waals surface area contributed by atoms with Crippen LogP contribution < -0.4 is 0 Å². The van der Waals surface area contributed by atoms with Crippen LogP contribution in [-0.4, -0.2) is 6.29 Å². The predicted molar refractivity (Wildman–Crippen MR) is 41.2 cm³/mol. The highest BCUT2D eigenvalue weighted by atomic mass is 19.4. The van der Waals surface area contributed by atoms with Crippen molar-refractivity contribution in [1.82, 2.24) is 0 Å². The SMILES string of the molecule is O=CCc1ccc(F)cc1C(F)(F)F. The standard InChI is InChI=1S/C9H6F4O/c10-7-2-1-6(3-4-14)8(5-7)9(11,12)13/h1-2,4-5H,3H2. The fraction of sp³-hybridized carbons (Fsp3) is 0.222. The Morgan fingerprint density at radius 2 is 1.93 bits per heavy atom. The molecule has 1 rings (SSSR count). The minimum Gasteiger partial charge on any atom is -0.303 e. The molecule has 0 amide bonds. The van der Waals surface area contributed by atoms with Gasteiger partial charge in [0, 0.05) is 6.42 Å². The number of carbonyl (C=O) groups is 1. The Balaban J connectivity index is 3.22. The number of hydrogen-bond donors (Lipinski definition) is 0. The Kier molecular flexibility index (Phi) is 2.88. The molecular weight excluding hydrogens is 200 g/mol. The highest BCUT2D eigenvalue weighted by Gasteiger charge is 2.33. The fourth-order valence-electron chi connectivity index (χ4n) is 1.08. The van der Waals surface area contributed by atoms with Gasteiger partial charge in [-0.15, -0.1) is 0 Å². The van der Waals surface area contributed by atoms with Gasteiger partial charge in [0.15, 0.2) is 0 Å². The Morgan fingerprint density at radius 3 is 2.43 bits per heavy atom. The molecule has 0 unspecified atom stereocenters. The summed E-state index contributed by atoms with van der Waals surface area (Å²) in [6.45, 7) is 0. The molecule has 0 saturated carbocycles. The number of aldehydes is 1. The van der Waals surface area contributed by atoms with Crippen LogP contribution in [0.4, 0.5) is 17.6 Å². The third-order valence-corrected chi connectivity index (χ3v) is 1.68. The second-order valence-electron chi connectivity index (χ2n) is 2.67. The third kappa shape index (κ3) is 2.31. The van der Waals surface area contributed by atoms with Gasteiger partial charge in [0.1, 0.15) is 12.1 Å². The summed E-state index contributed by atoms with van der Waals surface area (Å²) in [4.78, 5) is 10.1. The molecule has 0 spiro atoms. The van der Waals surface area contributed by atoms with Crippen molar-refractivity contribution in [2.24, 2.45) is 0 Å². The molecular formula is C9H6F4O. The third-order valence-electron chi connectivity index (χ3n) is 1.68. The minimum absolute atomic E-state index is 0.214. The molecule has 5 heteroatoms. The Bertz CT molecular complexity index is 343. The minimum atomic E-state index is -4.62. The van der Waals surface area contributed by atoms with Crippen molar-refractivity contribution in [3.8, 4) is 0 Å². The van der Waals surface area contributed by atoms with E-state index in [4.69, 9.17) is 0 Å². The van der Waals surface area contributed by atoms with Crippen molar-refractivity contribution < 1.29 is 22.4 Å². The molecule has 14 heavy (non-hydrogen) atoms. The number of rotatable bonds is 2. The van der Waals surface area contributed by atoms with Crippen LogP contribution in [0.3, 0.4) is 0 Å². The Morgan fingerprint density at radius 1 is 1.29 bits per heavy atom. The summed E-state index contributed by atoms with van der Waals surface area (Å²) < 4.78 is 49.3. The van der Waals surface area contributed by atoms with Crippen molar-refractivity contribution in [2.45, 2.75) is 12.6 Å². The van der Waals surface area contributed by atoms with E-state index in [1.54, 1.807) is 0 Å². The molecule has 0 radical (unpaired) electrons. The zero-order valence-electron chi connectivity index (χ0n) is 6.94. The van der Waals surface area contributed by atoms with E-state index in [9.17, 15) is 22.4 Å². The van der Waals surface area contributed by atoms with Gasteiger partial charge in [-0.3, -0.25) is 0 Å². The van der Waals surface area contributed by atoms with Gasteiger partial charge in [0.25, 0.3) is 0 Å². The van der Waals surface area contributed by atoms with Crippen molar-refractivity contribution in [2.75, 3.05) is 0 Å². The van der Waals surface area contributed by atoms with Crippen molar-refractivity contribution in [1.29, 1.82) is 0 Å². The maximum Gasteiger partial charge on any atom is 0.416 e. The second-order valence-corrected chi connectivity index (χ2v) is 2.67. The van der Waals surface area contributed by atoms with Crippen LogP contribution in [0.15, 0.2) is 18.2 Å². The topological polar surface area (TPSA) is 17.1 Å². The smallest absolute Gasteiger partial charge is 0.303 e. The Labute approximate surface area is 77.3 Å². The van der Waals surface area contributed by atoms with Gasteiger partial charge in [0.05, 0.1) is 5.56 Å². The van der Waals surface area contributed by atoms with Gasteiger partial charge in [-0.1, -0.05) is 6.07 Å². The van der Waals surface area contributed by atoms with Gasteiger partial charge >= 0.3 is 6.18 Å². The zero-order chi connectivity index (χ0) is 10.8. The largest absolute Gasteiger partial charge is 0.416 e. The lowest BCUT2D eigenvalue weighted by atomic mass is 10.0. The summed E-state index contributed by atoms with van der Waals surface area (Å²) >= 11 is 0. The van der Waals surface area contributed by atoms with Gasteiger partial charge in [0.2, 0.25) is 0 Å². The van der Waals surface area contributed by atoms with Gasteiger partial charge in [-0.05, 0) is 17.7 Å². The summed E-state index contributed by atoms with van der Waals surface area (Å²) in [6, 6.07) is 2.25. The van der Waals surface area contributed by atoms with Crippen LogP contribution in [0.5, 0.6) is 0 Å². The summed E-state index contributed by atoms with van der Waals surface area (Å²) in [5, 5.41) is 0. The molecule has 76 valence electrons. The molecule has 1 aromatic rings. The summed E-state index contributed by atoms with van der Waals surface area (Å²) in [6.07, 6.45) is -4.64. The quantitative estimate of drug-likeness (QED) is 0.537. The van der Waals surface area contributed by atoms with Crippen LogP contribution in [0.2, 0.25) is 0 Å². The van der Waals surface area contributed by atoms with E-state index < -0.39 is 17.6 Å². The number of benzene rings is 1. The van der Waals surface area contributed by atoms with Crippen LogP contribution in [-0.2, 0) is 17.4 Å². The van der Waals surface area contributed by atoms with Crippen molar-refractivity contribution in [3.05, 3.63) is 35.1 Å².